The standard InChI is InChI=1S/C16H22N4O2/c1-11-4-5-13(15-17-12(2)18-19-15)14(10-11)16(3,21)20-6-8-22-9-7-20/h4-5,10,21H,6-9H2,1-3H3,(H,17,18,19). The van der Waals surface area contributed by atoms with E-state index >= 15 is 0 Å². The van der Waals surface area contributed by atoms with E-state index in [0.29, 0.717) is 32.1 Å². The molecule has 2 aromatic rings. The molecule has 1 fully saturated rings. The summed E-state index contributed by atoms with van der Waals surface area (Å²) in [5, 5.41) is 18.3. The Morgan fingerprint density at radius 1 is 1.27 bits per heavy atom. The summed E-state index contributed by atoms with van der Waals surface area (Å²) in [5.41, 5.74) is 1.69. The van der Waals surface area contributed by atoms with Gasteiger partial charge in [-0.3, -0.25) is 10.00 Å². The molecule has 1 aliphatic rings. The smallest absolute Gasteiger partial charge is 0.181 e. The minimum absolute atomic E-state index is 0.612. The number of hydrogen-bond acceptors (Lipinski definition) is 5. The number of aromatic amines is 1. The lowest BCUT2D eigenvalue weighted by atomic mass is 9.94. The van der Waals surface area contributed by atoms with Gasteiger partial charge < -0.3 is 9.84 Å². The van der Waals surface area contributed by atoms with Crippen LogP contribution in [-0.2, 0) is 10.5 Å². The molecule has 0 amide bonds. The van der Waals surface area contributed by atoms with Gasteiger partial charge in [0.1, 0.15) is 11.5 Å². The Hall–Kier alpha value is -1.76. The van der Waals surface area contributed by atoms with Gasteiger partial charge in [0.2, 0.25) is 0 Å². The zero-order valence-electron chi connectivity index (χ0n) is 13.3. The summed E-state index contributed by atoms with van der Waals surface area (Å²) in [6.45, 7) is 8.39. The molecule has 1 aromatic carbocycles. The minimum atomic E-state index is -1.08. The molecule has 1 aromatic heterocycles. The molecule has 1 unspecified atom stereocenters. The van der Waals surface area contributed by atoms with Gasteiger partial charge in [-0.2, -0.15) is 5.10 Å². The summed E-state index contributed by atoms with van der Waals surface area (Å²) in [6.07, 6.45) is 0. The first-order valence-corrected chi connectivity index (χ1v) is 7.54. The van der Waals surface area contributed by atoms with Crippen molar-refractivity contribution in [1.82, 2.24) is 20.1 Å². The van der Waals surface area contributed by atoms with E-state index in [9.17, 15) is 5.11 Å². The van der Waals surface area contributed by atoms with Crippen molar-refractivity contribution in [3.63, 3.8) is 0 Å². The Bertz CT molecular complexity index is 660. The molecule has 0 bridgehead atoms. The van der Waals surface area contributed by atoms with E-state index in [2.05, 4.69) is 15.2 Å². The van der Waals surface area contributed by atoms with Crippen LogP contribution in [0.1, 0.15) is 23.9 Å². The van der Waals surface area contributed by atoms with Crippen molar-refractivity contribution < 1.29 is 9.84 Å². The van der Waals surface area contributed by atoms with E-state index < -0.39 is 5.72 Å². The lowest BCUT2D eigenvalue weighted by Gasteiger charge is -2.40. The van der Waals surface area contributed by atoms with E-state index in [1.807, 2.05) is 43.9 Å². The first-order chi connectivity index (χ1) is 10.5. The Morgan fingerprint density at radius 2 is 2.00 bits per heavy atom. The third-order valence-electron chi connectivity index (χ3n) is 4.15. The summed E-state index contributed by atoms with van der Waals surface area (Å²) in [6, 6.07) is 6.00. The van der Waals surface area contributed by atoms with E-state index in [0.717, 1.165) is 22.5 Å². The van der Waals surface area contributed by atoms with Crippen LogP contribution in [0, 0.1) is 13.8 Å². The van der Waals surface area contributed by atoms with Crippen LogP contribution >= 0.6 is 0 Å². The highest BCUT2D eigenvalue weighted by Gasteiger charge is 2.35. The molecule has 22 heavy (non-hydrogen) atoms. The Labute approximate surface area is 130 Å². The number of aliphatic hydroxyl groups is 1. The third-order valence-corrected chi connectivity index (χ3v) is 4.15. The molecule has 3 rings (SSSR count). The molecular formula is C16H22N4O2. The lowest BCUT2D eigenvalue weighted by molar-refractivity contribution is -0.135. The van der Waals surface area contributed by atoms with Crippen molar-refractivity contribution >= 4 is 0 Å². The zero-order valence-corrected chi connectivity index (χ0v) is 13.3. The van der Waals surface area contributed by atoms with E-state index in [-0.39, 0.29) is 0 Å². The first kappa shape index (κ1) is 15.1. The summed E-state index contributed by atoms with van der Waals surface area (Å²) < 4.78 is 5.39. The normalized spacial score (nSPS) is 19.1. The molecule has 0 aliphatic carbocycles. The van der Waals surface area contributed by atoms with Crippen molar-refractivity contribution in [3.05, 3.63) is 35.2 Å². The average molecular weight is 302 g/mol. The van der Waals surface area contributed by atoms with Crippen LogP contribution in [0.2, 0.25) is 0 Å². The highest BCUT2D eigenvalue weighted by molar-refractivity contribution is 5.62. The number of aryl methyl sites for hydroxylation is 2. The number of morpholine rings is 1. The molecule has 0 saturated carbocycles. The van der Waals surface area contributed by atoms with Crippen molar-refractivity contribution in [3.8, 4) is 11.4 Å². The van der Waals surface area contributed by atoms with Gasteiger partial charge in [0.05, 0.1) is 13.2 Å². The number of benzene rings is 1. The maximum absolute atomic E-state index is 11.2. The summed E-state index contributed by atoms with van der Waals surface area (Å²) in [5.74, 6) is 1.37. The zero-order chi connectivity index (χ0) is 15.7. The largest absolute Gasteiger partial charge is 0.379 e. The van der Waals surface area contributed by atoms with Crippen LogP contribution in [0.3, 0.4) is 0 Å². The molecule has 6 heteroatoms. The molecule has 2 heterocycles. The minimum Gasteiger partial charge on any atom is -0.379 e. The van der Waals surface area contributed by atoms with Gasteiger partial charge in [-0.15, -0.1) is 0 Å². The van der Waals surface area contributed by atoms with Crippen LogP contribution in [0.25, 0.3) is 11.4 Å². The Kier molecular flexibility index (Phi) is 3.99. The second kappa shape index (κ2) is 5.79. The number of nitrogens with one attached hydrogen (secondary N) is 1. The molecule has 1 atom stereocenters. The highest BCUT2D eigenvalue weighted by atomic mass is 16.5. The second-order valence-corrected chi connectivity index (χ2v) is 5.91. The number of ether oxygens (including phenoxy) is 1. The van der Waals surface area contributed by atoms with Crippen LogP contribution in [0.15, 0.2) is 18.2 Å². The van der Waals surface area contributed by atoms with Gasteiger partial charge in [0, 0.05) is 24.2 Å². The van der Waals surface area contributed by atoms with Gasteiger partial charge in [-0.05, 0) is 20.8 Å². The van der Waals surface area contributed by atoms with Gasteiger partial charge in [0.15, 0.2) is 5.82 Å². The van der Waals surface area contributed by atoms with Crippen molar-refractivity contribution in [2.75, 3.05) is 26.3 Å². The first-order valence-electron chi connectivity index (χ1n) is 7.54. The van der Waals surface area contributed by atoms with Gasteiger partial charge in [-0.1, -0.05) is 23.8 Å². The molecular weight excluding hydrogens is 280 g/mol. The maximum Gasteiger partial charge on any atom is 0.181 e. The molecule has 0 spiro atoms. The van der Waals surface area contributed by atoms with Gasteiger partial charge >= 0.3 is 0 Å². The SMILES string of the molecule is Cc1ccc(-c2n[nH]c(C)n2)c(C(C)(O)N2CCOCC2)c1. The highest BCUT2D eigenvalue weighted by Crippen LogP contribution is 2.34. The van der Waals surface area contributed by atoms with Crippen molar-refractivity contribution in [1.29, 1.82) is 0 Å². The fourth-order valence-corrected chi connectivity index (χ4v) is 2.88. The topological polar surface area (TPSA) is 74.3 Å². The van der Waals surface area contributed by atoms with E-state index in [1.54, 1.807) is 0 Å². The summed E-state index contributed by atoms with van der Waals surface area (Å²) in [4.78, 5) is 6.44. The van der Waals surface area contributed by atoms with E-state index in [4.69, 9.17) is 4.74 Å². The number of hydrogen-bond donors (Lipinski definition) is 2. The third kappa shape index (κ3) is 2.77. The fraction of sp³-hybridized carbons (Fsp3) is 0.500. The Balaban J connectivity index is 2.06. The predicted molar refractivity (Wildman–Crippen MR) is 83.3 cm³/mol. The molecule has 118 valence electrons. The number of aromatic nitrogens is 3. The Morgan fingerprint density at radius 3 is 2.64 bits per heavy atom. The molecule has 0 radical (unpaired) electrons. The molecule has 6 nitrogen and oxygen atoms in total. The van der Waals surface area contributed by atoms with Crippen molar-refractivity contribution in [2.45, 2.75) is 26.5 Å². The number of nitrogens with zero attached hydrogens (tertiary/aromatic N) is 3. The lowest BCUT2D eigenvalue weighted by Crippen LogP contribution is -2.49. The van der Waals surface area contributed by atoms with Crippen LogP contribution < -0.4 is 0 Å². The van der Waals surface area contributed by atoms with Crippen molar-refractivity contribution in [2.24, 2.45) is 0 Å². The maximum atomic E-state index is 11.2. The number of H-pyrrole nitrogens is 1. The fourth-order valence-electron chi connectivity index (χ4n) is 2.88. The summed E-state index contributed by atoms with van der Waals surface area (Å²) in [7, 11) is 0. The van der Waals surface area contributed by atoms with Crippen LogP contribution in [0.4, 0.5) is 0 Å². The second-order valence-electron chi connectivity index (χ2n) is 5.91. The molecule has 1 aliphatic heterocycles. The quantitative estimate of drug-likeness (QED) is 0.900. The van der Waals surface area contributed by atoms with Crippen LogP contribution in [-0.4, -0.2) is 51.5 Å². The average Bonchev–Trinajstić information content (AvgIpc) is 2.94. The monoisotopic (exact) mass is 302 g/mol. The summed E-state index contributed by atoms with van der Waals surface area (Å²) >= 11 is 0. The van der Waals surface area contributed by atoms with E-state index in [1.165, 1.54) is 0 Å². The van der Waals surface area contributed by atoms with Gasteiger partial charge in [-0.25, -0.2) is 4.98 Å². The molecule has 1 saturated heterocycles. The predicted octanol–water partition coefficient (Wildman–Crippen LogP) is 1.59. The van der Waals surface area contributed by atoms with Gasteiger partial charge in [0.25, 0.3) is 0 Å². The number of rotatable bonds is 3. The van der Waals surface area contributed by atoms with Crippen LogP contribution in [0.5, 0.6) is 0 Å². The molecule has 2 N–H and O–H groups in total.